The summed E-state index contributed by atoms with van der Waals surface area (Å²) < 4.78 is 0. The van der Waals surface area contributed by atoms with E-state index in [4.69, 9.17) is 0 Å². The predicted molar refractivity (Wildman–Crippen MR) is 63.6 cm³/mol. The molecule has 1 aromatic carbocycles. The van der Waals surface area contributed by atoms with Crippen molar-refractivity contribution in [2.75, 3.05) is 0 Å². The minimum Gasteiger partial charge on any atom is -0.354 e. The highest BCUT2D eigenvalue weighted by molar-refractivity contribution is 6.09. The molecule has 0 radical (unpaired) electrons. The number of fused-ring (bicyclic) bond motifs is 3. The molecule has 78 valence electrons. The second kappa shape index (κ2) is 3.17. The Morgan fingerprint density at radius 2 is 2.06 bits per heavy atom. The van der Waals surface area contributed by atoms with Gasteiger partial charge in [-0.3, -0.25) is 9.78 Å². The van der Waals surface area contributed by atoms with E-state index in [1.54, 1.807) is 13.1 Å². The highest BCUT2D eigenvalue weighted by Crippen LogP contribution is 2.25. The van der Waals surface area contributed by atoms with Crippen LogP contribution in [0.3, 0.4) is 0 Å². The minimum absolute atomic E-state index is 0.0821. The number of carbonyl (C=O) groups is 1. The third-order valence-electron chi connectivity index (χ3n) is 2.81. The van der Waals surface area contributed by atoms with Gasteiger partial charge in [0, 0.05) is 39.8 Å². The topological polar surface area (TPSA) is 45.8 Å². The van der Waals surface area contributed by atoms with E-state index in [-0.39, 0.29) is 5.78 Å². The van der Waals surface area contributed by atoms with Crippen LogP contribution in [-0.4, -0.2) is 15.8 Å². The SMILES string of the molecule is CC(=O)c1ccc2c(c1)[nH]c1ccncc12. The Morgan fingerprint density at radius 1 is 1.19 bits per heavy atom. The largest absolute Gasteiger partial charge is 0.354 e. The van der Waals surface area contributed by atoms with Crippen LogP contribution in [0.1, 0.15) is 17.3 Å². The molecule has 0 saturated carbocycles. The third kappa shape index (κ3) is 1.21. The molecule has 0 aliphatic heterocycles. The molecule has 0 spiro atoms. The lowest BCUT2D eigenvalue weighted by atomic mass is 10.1. The number of nitrogens with one attached hydrogen (secondary N) is 1. The quantitative estimate of drug-likeness (QED) is 0.627. The molecular weight excluding hydrogens is 200 g/mol. The van der Waals surface area contributed by atoms with Crippen molar-refractivity contribution in [1.82, 2.24) is 9.97 Å². The summed E-state index contributed by atoms with van der Waals surface area (Å²) in [5.41, 5.74) is 2.76. The summed E-state index contributed by atoms with van der Waals surface area (Å²) in [5.74, 6) is 0.0821. The highest BCUT2D eigenvalue weighted by Gasteiger charge is 2.06. The summed E-state index contributed by atoms with van der Waals surface area (Å²) in [4.78, 5) is 18.7. The maximum Gasteiger partial charge on any atom is 0.159 e. The van der Waals surface area contributed by atoms with Crippen molar-refractivity contribution in [2.45, 2.75) is 6.92 Å². The average molecular weight is 210 g/mol. The molecule has 0 aliphatic rings. The summed E-state index contributed by atoms with van der Waals surface area (Å²) in [6.07, 6.45) is 3.59. The van der Waals surface area contributed by atoms with Crippen molar-refractivity contribution < 1.29 is 4.79 Å². The lowest BCUT2D eigenvalue weighted by Gasteiger charge is -1.95. The van der Waals surface area contributed by atoms with Gasteiger partial charge >= 0.3 is 0 Å². The minimum atomic E-state index is 0.0821. The molecule has 0 fully saturated rings. The van der Waals surface area contributed by atoms with Gasteiger partial charge < -0.3 is 4.98 Å². The summed E-state index contributed by atoms with van der Waals surface area (Å²) in [7, 11) is 0. The van der Waals surface area contributed by atoms with E-state index in [2.05, 4.69) is 9.97 Å². The molecule has 3 nitrogen and oxygen atoms in total. The number of rotatable bonds is 1. The summed E-state index contributed by atoms with van der Waals surface area (Å²) >= 11 is 0. The van der Waals surface area contributed by atoms with Gasteiger partial charge in [0.25, 0.3) is 0 Å². The third-order valence-corrected chi connectivity index (χ3v) is 2.81. The first-order valence-electron chi connectivity index (χ1n) is 5.12. The Kier molecular flexibility index (Phi) is 1.80. The molecule has 0 atom stereocenters. The van der Waals surface area contributed by atoms with Crippen molar-refractivity contribution in [3.8, 4) is 0 Å². The van der Waals surface area contributed by atoms with E-state index < -0.39 is 0 Å². The molecule has 0 aliphatic carbocycles. The van der Waals surface area contributed by atoms with E-state index in [0.29, 0.717) is 0 Å². The molecule has 0 bridgehead atoms. The fourth-order valence-electron chi connectivity index (χ4n) is 1.96. The second-order valence-corrected chi connectivity index (χ2v) is 3.86. The van der Waals surface area contributed by atoms with Gasteiger partial charge in [0.05, 0.1) is 0 Å². The molecule has 3 heteroatoms. The van der Waals surface area contributed by atoms with E-state index in [1.165, 1.54) is 0 Å². The van der Waals surface area contributed by atoms with Crippen molar-refractivity contribution in [1.29, 1.82) is 0 Å². The monoisotopic (exact) mass is 210 g/mol. The van der Waals surface area contributed by atoms with Gasteiger partial charge in [-0.15, -0.1) is 0 Å². The smallest absolute Gasteiger partial charge is 0.159 e. The van der Waals surface area contributed by atoms with Crippen LogP contribution in [0.15, 0.2) is 36.7 Å². The number of aromatic nitrogens is 2. The summed E-state index contributed by atoms with van der Waals surface area (Å²) in [6.45, 7) is 1.57. The fourth-order valence-corrected chi connectivity index (χ4v) is 1.96. The Labute approximate surface area is 92.1 Å². The molecule has 1 N–H and O–H groups in total. The van der Waals surface area contributed by atoms with Crippen LogP contribution in [0.25, 0.3) is 21.8 Å². The zero-order valence-electron chi connectivity index (χ0n) is 8.82. The van der Waals surface area contributed by atoms with Crippen LogP contribution in [0.2, 0.25) is 0 Å². The molecule has 2 heterocycles. The van der Waals surface area contributed by atoms with Crippen LogP contribution in [-0.2, 0) is 0 Å². The Morgan fingerprint density at radius 3 is 2.88 bits per heavy atom. The van der Waals surface area contributed by atoms with Crippen molar-refractivity contribution in [3.63, 3.8) is 0 Å². The zero-order valence-corrected chi connectivity index (χ0v) is 8.82. The van der Waals surface area contributed by atoms with Crippen LogP contribution in [0, 0.1) is 0 Å². The van der Waals surface area contributed by atoms with Crippen molar-refractivity contribution in [2.24, 2.45) is 0 Å². The fraction of sp³-hybridized carbons (Fsp3) is 0.0769. The van der Waals surface area contributed by atoms with E-state index in [0.717, 1.165) is 27.4 Å². The van der Waals surface area contributed by atoms with Gasteiger partial charge in [-0.2, -0.15) is 0 Å². The molecule has 0 amide bonds. The first-order valence-corrected chi connectivity index (χ1v) is 5.12. The van der Waals surface area contributed by atoms with Gasteiger partial charge in [0.15, 0.2) is 5.78 Å². The van der Waals surface area contributed by atoms with Gasteiger partial charge in [-0.25, -0.2) is 0 Å². The van der Waals surface area contributed by atoms with Gasteiger partial charge in [-0.1, -0.05) is 12.1 Å². The maximum atomic E-state index is 11.3. The molecule has 3 rings (SSSR count). The predicted octanol–water partition coefficient (Wildman–Crippen LogP) is 2.92. The van der Waals surface area contributed by atoms with E-state index >= 15 is 0 Å². The Bertz CT molecular complexity index is 697. The Hall–Kier alpha value is -2.16. The molecule has 3 aromatic rings. The number of benzene rings is 1. The summed E-state index contributed by atoms with van der Waals surface area (Å²) in [5, 5.41) is 2.20. The van der Waals surface area contributed by atoms with Crippen molar-refractivity contribution >= 4 is 27.6 Å². The van der Waals surface area contributed by atoms with Crippen LogP contribution >= 0.6 is 0 Å². The molecule has 0 saturated heterocycles. The number of aromatic amines is 1. The number of carbonyl (C=O) groups excluding carboxylic acids is 1. The number of pyridine rings is 1. The van der Waals surface area contributed by atoms with Crippen molar-refractivity contribution in [3.05, 3.63) is 42.2 Å². The lowest BCUT2D eigenvalue weighted by Crippen LogP contribution is -1.90. The van der Waals surface area contributed by atoms with Crippen LogP contribution in [0.5, 0.6) is 0 Å². The number of hydrogen-bond acceptors (Lipinski definition) is 2. The number of nitrogens with zero attached hydrogens (tertiary/aromatic N) is 1. The molecule has 16 heavy (non-hydrogen) atoms. The highest BCUT2D eigenvalue weighted by atomic mass is 16.1. The average Bonchev–Trinajstić information content (AvgIpc) is 2.66. The first-order chi connectivity index (χ1) is 7.75. The molecule has 0 unspecified atom stereocenters. The van der Waals surface area contributed by atoms with Gasteiger partial charge in [-0.05, 0) is 19.1 Å². The summed E-state index contributed by atoms with van der Waals surface area (Å²) in [6, 6.07) is 7.64. The van der Waals surface area contributed by atoms with E-state index in [9.17, 15) is 4.79 Å². The molecular formula is C13H10N2O. The maximum absolute atomic E-state index is 11.3. The van der Waals surface area contributed by atoms with E-state index in [1.807, 2.05) is 30.5 Å². The number of Topliss-reactive ketones (excluding diaryl/α,β-unsaturated/α-hetero) is 1. The lowest BCUT2D eigenvalue weighted by molar-refractivity contribution is 0.101. The second-order valence-electron chi connectivity index (χ2n) is 3.86. The normalized spacial score (nSPS) is 11.1. The number of ketones is 1. The first kappa shape index (κ1) is 9.09. The molecule has 2 aromatic heterocycles. The number of H-pyrrole nitrogens is 1. The Balaban J connectivity index is 2.41. The number of hydrogen-bond donors (Lipinski definition) is 1. The standard InChI is InChI=1S/C13H10N2O/c1-8(16)9-2-3-10-11-7-14-5-4-12(11)15-13(10)6-9/h2-7,15H,1H3. The zero-order chi connectivity index (χ0) is 11.1. The van der Waals surface area contributed by atoms with Gasteiger partial charge in [0.1, 0.15) is 0 Å². The van der Waals surface area contributed by atoms with Crippen LogP contribution < -0.4 is 0 Å². The van der Waals surface area contributed by atoms with Gasteiger partial charge in [0.2, 0.25) is 0 Å². The van der Waals surface area contributed by atoms with Crippen LogP contribution in [0.4, 0.5) is 0 Å².